The molecule has 0 aromatic heterocycles. The molecule has 2 heterocycles. The summed E-state index contributed by atoms with van der Waals surface area (Å²) < 4.78 is 0. The molecule has 9 rings (SSSR count). The van der Waals surface area contributed by atoms with Gasteiger partial charge < -0.3 is 5.11 Å². The van der Waals surface area contributed by atoms with Crippen LogP contribution in [-0.2, 0) is 11.8 Å². The van der Waals surface area contributed by atoms with E-state index in [0.29, 0.717) is 29.2 Å². The summed E-state index contributed by atoms with van der Waals surface area (Å²) in [4.78, 5) is 5.94. The molecular weight excluding hydrogens is 488 g/mol. The smallest absolute Gasteiger partial charge is 0.115 e. The van der Waals surface area contributed by atoms with E-state index in [2.05, 4.69) is 82.6 Å². The highest BCUT2D eigenvalue weighted by Crippen LogP contribution is 2.75. The Morgan fingerprint density at radius 2 is 1.62 bits per heavy atom. The maximum absolute atomic E-state index is 10.8. The second-order valence-corrected chi connectivity index (χ2v) is 14.2. The van der Waals surface area contributed by atoms with E-state index in [1.165, 1.54) is 75.6 Å². The standard InChI is InChI=1S/C37H42N2O/c40-30-15-14-27-20-34-36-17-16-33-35(37(36,32(27)21-30)18-19-39(34)29-12-7-13-29)28(22-36)23-38(33)24-31(25-8-3-1-4-9-25)26-10-5-2-6-11-26/h1-6,8-11,14-15,21,28-29,31,33-35,40H,7,12-13,16-20,22-24H2/t28-,33?,34?,35?,36?,37?/m1/s1. The van der Waals surface area contributed by atoms with Crippen molar-refractivity contribution in [3.63, 3.8) is 0 Å². The van der Waals surface area contributed by atoms with Crippen molar-refractivity contribution >= 4 is 0 Å². The number of piperidine rings is 1. The van der Waals surface area contributed by atoms with Gasteiger partial charge in [0.15, 0.2) is 0 Å². The van der Waals surface area contributed by atoms with Crippen LogP contribution in [0.15, 0.2) is 78.9 Å². The summed E-state index contributed by atoms with van der Waals surface area (Å²) in [6.07, 6.45) is 10.8. The van der Waals surface area contributed by atoms with Crippen LogP contribution in [0, 0.1) is 17.3 Å². The molecule has 6 atom stereocenters. The number of fused-ring (bicyclic) bond motifs is 1. The predicted octanol–water partition coefficient (Wildman–Crippen LogP) is 6.75. The van der Waals surface area contributed by atoms with Crippen LogP contribution in [0.2, 0.25) is 0 Å². The molecule has 0 spiro atoms. The molecule has 2 saturated heterocycles. The van der Waals surface area contributed by atoms with Crippen LogP contribution in [0.5, 0.6) is 5.75 Å². The van der Waals surface area contributed by atoms with Crippen molar-refractivity contribution in [2.45, 2.75) is 80.8 Å². The lowest BCUT2D eigenvalue weighted by Gasteiger charge is -2.68. The van der Waals surface area contributed by atoms with E-state index in [4.69, 9.17) is 0 Å². The first-order valence-corrected chi connectivity index (χ1v) is 16.1. The molecule has 3 aromatic carbocycles. The second-order valence-electron chi connectivity index (χ2n) is 14.2. The molecule has 4 bridgehead atoms. The van der Waals surface area contributed by atoms with E-state index < -0.39 is 0 Å². The molecule has 40 heavy (non-hydrogen) atoms. The van der Waals surface area contributed by atoms with Crippen LogP contribution in [0.1, 0.15) is 73.1 Å². The SMILES string of the molecule is Oc1ccc2c(c1)C13CCN(C4CCC4)C(C2)C12CCC1C3[C@@H](CN1CC(c1ccccc1)c1ccccc1)C2. The van der Waals surface area contributed by atoms with Gasteiger partial charge in [-0.05, 0) is 103 Å². The van der Waals surface area contributed by atoms with Crippen molar-refractivity contribution in [2.24, 2.45) is 17.3 Å². The van der Waals surface area contributed by atoms with Gasteiger partial charge in [-0.1, -0.05) is 73.2 Å². The topological polar surface area (TPSA) is 26.7 Å². The number of hydrogen-bond acceptors (Lipinski definition) is 3. The minimum atomic E-state index is 0.238. The summed E-state index contributed by atoms with van der Waals surface area (Å²) in [5.41, 5.74) is 6.62. The third kappa shape index (κ3) is 3.09. The number of nitrogens with zero attached hydrogens (tertiary/aromatic N) is 2. The first kappa shape index (κ1) is 24.0. The summed E-state index contributed by atoms with van der Waals surface area (Å²) in [7, 11) is 0. The lowest BCUT2D eigenvalue weighted by Crippen LogP contribution is -2.71. The highest BCUT2D eigenvalue weighted by molar-refractivity contribution is 5.51. The Morgan fingerprint density at radius 1 is 0.875 bits per heavy atom. The molecule has 0 radical (unpaired) electrons. The summed E-state index contributed by atoms with van der Waals surface area (Å²) >= 11 is 0. The summed E-state index contributed by atoms with van der Waals surface area (Å²) in [5.74, 6) is 2.38. The largest absolute Gasteiger partial charge is 0.508 e. The van der Waals surface area contributed by atoms with Gasteiger partial charge in [0.05, 0.1) is 0 Å². The van der Waals surface area contributed by atoms with Crippen molar-refractivity contribution < 1.29 is 5.11 Å². The summed E-state index contributed by atoms with van der Waals surface area (Å²) in [6, 6.07) is 31.1. The highest BCUT2D eigenvalue weighted by atomic mass is 16.3. The fourth-order valence-corrected chi connectivity index (χ4v) is 11.5. The Bertz CT molecular complexity index is 1380. The van der Waals surface area contributed by atoms with Crippen LogP contribution in [0.25, 0.3) is 0 Å². The highest BCUT2D eigenvalue weighted by Gasteiger charge is 2.76. The van der Waals surface area contributed by atoms with Crippen molar-refractivity contribution in [1.82, 2.24) is 9.80 Å². The Kier molecular flexibility index (Phi) is 5.22. The van der Waals surface area contributed by atoms with E-state index in [0.717, 1.165) is 24.4 Å². The minimum Gasteiger partial charge on any atom is -0.508 e. The third-order valence-electron chi connectivity index (χ3n) is 13.0. The van der Waals surface area contributed by atoms with Gasteiger partial charge >= 0.3 is 0 Å². The molecule has 3 aromatic rings. The van der Waals surface area contributed by atoms with Gasteiger partial charge in [0.1, 0.15) is 5.75 Å². The van der Waals surface area contributed by atoms with E-state index in [1.54, 1.807) is 11.1 Å². The first-order chi connectivity index (χ1) is 19.7. The number of phenolic OH excluding ortho intramolecular Hbond substituents is 1. The zero-order chi connectivity index (χ0) is 26.5. The Labute approximate surface area is 239 Å². The number of likely N-dealkylation sites (tertiary alicyclic amines) is 2. The van der Waals surface area contributed by atoms with Gasteiger partial charge in [-0.2, -0.15) is 0 Å². The Hall–Kier alpha value is -2.62. The van der Waals surface area contributed by atoms with Gasteiger partial charge in [0, 0.05) is 42.5 Å². The minimum absolute atomic E-state index is 0.238. The van der Waals surface area contributed by atoms with Crippen LogP contribution < -0.4 is 0 Å². The number of phenols is 1. The molecule has 206 valence electrons. The van der Waals surface area contributed by atoms with Gasteiger partial charge in [0.2, 0.25) is 0 Å². The monoisotopic (exact) mass is 530 g/mol. The second kappa shape index (κ2) is 8.69. The lowest BCUT2D eigenvalue weighted by atomic mass is 9.43. The zero-order valence-corrected chi connectivity index (χ0v) is 23.6. The van der Waals surface area contributed by atoms with Crippen LogP contribution in [-0.4, -0.2) is 52.7 Å². The molecule has 5 unspecified atom stereocenters. The van der Waals surface area contributed by atoms with Gasteiger partial charge in [0.25, 0.3) is 0 Å². The van der Waals surface area contributed by atoms with E-state index in [-0.39, 0.29) is 5.41 Å². The molecular formula is C37H42N2O. The zero-order valence-electron chi connectivity index (χ0n) is 23.6. The molecule has 3 heteroatoms. The average Bonchev–Trinajstić information content (AvgIpc) is 3.39. The van der Waals surface area contributed by atoms with Gasteiger partial charge in [-0.25, -0.2) is 0 Å². The normalized spacial score (nSPS) is 36.3. The molecule has 2 aliphatic heterocycles. The number of benzene rings is 3. The summed E-state index contributed by atoms with van der Waals surface area (Å²) in [5, 5.41) is 10.8. The quantitative estimate of drug-likeness (QED) is 0.396. The fourth-order valence-electron chi connectivity index (χ4n) is 11.5. The molecule has 1 N–H and O–H groups in total. The Morgan fingerprint density at radius 3 is 2.33 bits per heavy atom. The lowest BCUT2D eigenvalue weighted by molar-refractivity contribution is -0.125. The maximum Gasteiger partial charge on any atom is 0.115 e. The molecule has 3 nitrogen and oxygen atoms in total. The molecule has 6 aliphatic rings. The van der Waals surface area contributed by atoms with E-state index in [9.17, 15) is 5.11 Å². The molecule has 4 aliphatic carbocycles. The van der Waals surface area contributed by atoms with Crippen molar-refractivity contribution in [3.05, 3.63) is 101 Å². The predicted molar refractivity (Wildman–Crippen MR) is 160 cm³/mol. The molecule has 3 saturated carbocycles. The van der Waals surface area contributed by atoms with Crippen LogP contribution in [0.4, 0.5) is 0 Å². The molecule has 0 amide bonds. The fraction of sp³-hybridized carbons (Fsp3) is 0.514. The van der Waals surface area contributed by atoms with Crippen molar-refractivity contribution in [2.75, 3.05) is 19.6 Å². The molecule has 5 fully saturated rings. The Balaban J connectivity index is 1.12. The van der Waals surface area contributed by atoms with Crippen LogP contribution in [0.3, 0.4) is 0 Å². The maximum atomic E-state index is 10.8. The van der Waals surface area contributed by atoms with Gasteiger partial charge in [-0.15, -0.1) is 0 Å². The summed E-state index contributed by atoms with van der Waals surface area (Å²) in [6.45, 7) is 3.62. The number of rotatable bonds is 5. The van der Waals surface area contributed by atoms with Crippen molar-refractivity contribution in [3.8, 4) is 5.75 Å². The third-order valence-corrected chi connectivity index (χ3v) is 13.0. The number of aromatic hydroxyl groups is 1. The number of hydrogen-bond donors (Lipinski definition) is 1. The van der Waals surface area contributed by atoms with Crippen molar-refractivity contribution in [1.29, 1.82) is 0 Å². The van der Waals surface area contributed by atoms with E-state index >= 15 is 0 Å². The van der Waals surface area contributed by atoms with Gasteiger partial charge in [-0.3, -0.25) is 9.80 Å². The van der Waals surface area contributed by atoms with E-state index in [1.807, 2.05) is 6.07 Å². The first-order valence-electron chi connectivity index (χ1n) is 16.1. The average molecular weight is 531 g/mol. The van der Waals surface area contributed by atoms with Crippen LogP contribution >= 0.6 is 0 Å².